The Kier molecular flexibility index (Phi) is 7.85. The molecule has 1 amide bonds. The van der Waals surface area contributed by atoms with E-state index in [-0.39, 0.29) is 16.0 Å². The van der Waals surface area contributed by atoms with E-state index in [0.717, 1.165) is 5.46 Å². The highest BCUT2D eigenvalue weighted by Gasteiger charge is 2.17. The van der Waals surface area contributed by atoms with Gasteiger partial charge in [-0.2, -0.15) is 0 Å². The van der Waals surface area contributed by atoms with Gasteiger partial charge in [-0.05, 0) is 69.4 Å². The Morgan fingerprint density at radius 2 is 1.71 bits per heavy atom. The number of benzene rings is 2. The average molecular weight is 497 g/mol. The summed E-state index contributed by atoms with van der Waals surface area (Å²) in [4.78, 5) is 20.9. The van der Waals surface area contributed by atoms with Crippen molar-refractivity contribution in [3.05, 3.63) is 65.5 Å². The van der Waals surface area contributed by atoms with Crippen LogP contribution >= 0.6 is 12.2 Å². The molecule has 3 aromatic rings. The van der Waals surface area contributed by atoms with Gasteiger partial charge in [-0.25, -0.2) is 23.1 Å². The Labute approximate surface area is 204 Å². The first kappa shape index (κ1) is 25.1. The fourth-order valence-electron chi connectivity index (χ4n) is 3.10. The van der Waals surface area contributed by atoms with Gasteiger partial charge in [-0.1, -0.05) is 17.6 Å². The van der Waals surface area contributed by atoms with Crippen LogP contribution in [-0.4, -0.2) is 43.9 Å². The molecule has 176 valence electrons. The minimum atomic E-state index is -3.88. The van der Waals surface area contributed by atoms with Crippen molar-refractivity contribution >= 4 is 58.2 Å². The lowest BCUT2D eigenvalue weighted by Crippen LogP contribution is -2.34. The van der Waals surface area contributed by atoms with Crippen molar-refractivity contribution < 1.29 is 17.9 Å². The van der Waals surface area contributed by atoms with Gasteiger partial charge in [0.25, 0.3) is 15.9 Å². The maximum absolute atomic E-state index is 12.7. The minimum Gasteiger partial charge on any atom is -0.493 e. The van der Waals surface area contributed by atoms with E-state index in [1.54, 1.807) is 32.0 Å². The molecule has 0 unspecified atom stereocenters. The van der Waals surface area contributed by atoms with Gasteiger partial charge in [0.1, 0.15) is 13.6 Å². The monoisotopic (exact) mass is 497 g/mol. The molecular weight excluding hydrogens is 473 g/mol. The summed E-state index contributed by atoms with van der Waals surface area (Å²) in [5.74, 6) is 0.0518. The third-order valence-corrected chi connectivity index (χ3v) is 6.09. The van der Waals surface area contributed by atoms with Crippen molar-refractivity contribution in [3.8, 4) is 5.75 Å². The van der Waals surface area contributed by atoms with Gasteiger partial charge >= 0.3 is 0 Å². The van der Waals surface area contributed by atoms with Crippen LogP contribution in [0.2, 0.25) is 0 Å². The highest BCUT2D eigenvalue weighted by atomic mass is 32.2. The zero-order valence-electron chi connectivity index (χ0n) is 19.2. The van der Waals surface area contributed by atoms with E-state index in [9.17, 15) is 13.2 Å². The highest BCUT2D eigenvalue weighted by molar-refractivity contribution is 7.92. The maximum atomic E-state index is 12.7. The van der Waals surface area contributed by atoms with E-state index < -0.39 is 15.9 Å². The molecule has 0 saturated heterocycles. The lowest BCUT2D eigenvalue weighted by Gasteiger charge is -2.13. The number of hydrogen-bond acceptors (Lipinski definition) is 7. The van der Waals surface area contributed by atoms with Crippen LogP contribution in [0, 0.1) is 13.8 Å². The summed E-state index contributed by atoms with van der Waals surface area (Å²) in [7, 11) is -2.01. The van der Waals surface area contributed by atoms with E-state index in [4.69, 9.17) is 17.0 Å². The van der Waals surface area contributed by atoms with E-state index in [1.807, 2.05) is 20.8 Å². The predicted octanol–water partition coefficient (Wildman–Crippen LogP) is 1.68. The van der Waals surface area contributed by atoms with Crippen molar-refractivity contribution in [1.82, 2.24) is 15.3 Å². The molecule has 0 aliphatic rings. The fourth-order valence-corrected chi connectivity index (χ4v) is 4.26. The van der Waals surface area contributed by atoms with E-state index in [0.29, 0.717) is 35.0 Å². The number of amides is 1. The van der Waals surface area contributed by atoms with Gasteiger partial charge in [0, 0.05) is 17.1 Å². The third kappa shape index (κ3) is 6.52. The molecule has 0 aliphatic heterocycles. The van der Waals surface area contributed by atoms with Crippen LogP contribution in [0.5, 0.6) is 5.75 Å². The second-order valence-electron chi connectivity index (χ2n) is 7.45. The van der Waals surface area contributed by atoms with Crippen LogP contribution in [0.3, 0.4) is 0 Å². The number of nitrogens with zero attached hydrogens (tertiary/aromatic N) is 2. The van der Waals surface area contributed by atoms with Gasteiger partial charge in [0.05, 0.1) is 17.1 Å². The number of aromatic nitrogens is 2. The summed E-state index contributed by atoms with van der Waals surface area (Å²) in [6.07, 6.45) is 0. The second kappa shape index (κ2) is 10.6. The first-order valence-electron chi connectivity index (χ1n) is 10.4. The molecule has 0 spiro atoms. The number of rotatable bonds is 7. The number of sulfonamides is 1. The van der Waals surface area contributed by atoms with E-state index in [2.05, 4.69) is 25.3 Å². The average Bonchev–Trinajstić information content (AvgIpc) is 2.74. The summed E-state index contributed by atoms with van der Waals surface area (Å²) in [6.45, 7) is 5.77. The molecule has 1 aromatic heterocycles. The summed E-state index contributed by atoms with van der Waals surface area (Å²) in [6, 6.07) is 12.9. The number of carbonyl (C=O) groups excluding carboxylic acids is 1. The summed E-state index contributed by atoms with van der Waals surface area (Å²) in [5, 5.41) is 5.55. The summed E-state index contributed by atoms with van der Waals surface area (Å²) >= 11 is 5.24. The largest absolute Gasteiger partial charge is 0.493 e. The Balaban J connectivity index is 1.67. The number of aryl methyl sites for hydroxylation is 2. The van der Waals surface area contributed by atoms with Crippen molar-refractivity contribution in [1.29, 1.82) is 0 Å². The van der Waals surface area contributed by atoms with Crippen molar-refractivity contribution in [2.24, 2.45) is 0 Å². The van der Waals surface area contributed by atoms with Crippen molar-refractivity contribution in [2.45, 2.75) is 25.7 Å². The number of hydrogen-bond donors (Lipinski definition) is 3. The van der Waals surface area contributed by atoms with E-state index >= 15 is 0 Å². The van der Waals surface area contributed by atoms with Gasteiger partial charge in [-0.15, -0.1) is 0 Å². The molecular formula is C22H24BN5O4S2. The van der Waals surface area contributed by atoms with Crippen molar-refractivity contribution in [2.75, 3.05) is 16.6 Å². The summed E-state index contributed by atoms with van der Waals surface area (Å²) < 4.78 is 33.2. The van der Waals surface area contributed by atoms with Crippen LogP contribution in [-0.2, 0) is 10.0 Å². The molecule has 3 rings (SSSR count). The zero-order valence-corrected chi connectivity index (χ0v) is 20.8. The number of thiocarbonyl (C=S) groups is 1. The molecule has 12 heteroatoms. The Morgan fingerprint density at radius 3 is 2.32 bits per heavy atom. The smallest absolute Gasteiger partial charge is 0.264 e. The standard InChI is InChI=1S/C22H24BN5O4S2/c1-4-32-19-10-5-15(23)12-18(19)20(29)27-22(33)26-16-6-8-17(9-7-16)34(30,31)28-21-24-13(2)11-14(3)25-21/h5-12H,4,23H2,1-3H3,(H,24,25,28)(H2,26,27,29,33). The zero-order chi connectivity index (χ0) is 24.9. The first-order chi connectivity index (χ1) is 16.1. The SMILES string of the molecule is Bc1ccc(OCC)c(C(=O)NC(=S)Nc2ccc(S(=O)(=O)Nc3nc(C)cc(C)n3)cc2)c1. The molecule has 0 atom stereocenters. The molecule has 0 aliphatic carbocycles. The maximum Gasteiger partial charge on any atom is 0.264 e. The minimum absolute atomic E-state index is 0.00571. The van der Waals surface area contributed by atoms with Crippen LogP contribution in [0.25, 0.3) is 0 Å². The molecule has 3 N–H and O–H groups in total. The van der Waals surface area contributed by atoms with Gasteiger partial charge < -0.3 is 10.1 Å². The number of anilines is 2. The van der Waals surface area contributed by atoms with Gasteiger partial charge in [-0.3, -0.25) is 10.1 Å². The van der Waals surface area contributed by atoms with Crippen LogP contribution in [0.15, 0.2) is 53.4 Å². The van der Waals surface area contributed by atoms with Gasteiger partial charge in [0.15, 0.2) is 5.11 Å². The van der Waals surface area contributed by atoms with Crippen LogP contribution < -0.4 is 25.6 Å². The van der Waals surface area contributed by atoms with E-state index in [1.165, 1.54) is 24.3 Å². The fraction of sp³-hybridized carbons (Fsp3) is 0.182. The van der Waals surface area contributed by atoms with Crippen LogP contribution in [0.1, 0.15) is 28.7 Å². The topological polar surface area (TPSA) is 122 Å². The van der Waals surface area contributed by atoms with Gasteiger partial charge in [0.2, 0.25) is 5.95 Å². The quantitative estimate of drug-likeness (QED) is 0.333. The predicted molar refractivity (Wildman–Crippen MR) is 138 cm³/mol. The molecule has 9 nitrogen and oxygen atoms in total. The molecule has 1 heterocycles. The Bertz CT molecular complexity index is 1310. The summed E-state index contributed by atoms with van der Waals surface area (Å²) in [5.41, 5.74) is 3.08. The third-order valence-electron chi connectivity index (χ3n) is 4.54. The molecule has 0 bridgehead atoms. The number of ether oxygens (including phenoxy) is 1. The normalized spacial score (nSPS) is 10.9. The number of carbonyl (C=O) groups is 1. The second-order valence-corrected chi connectivity index (χ2v) is 9.54. The Hall–Kier alpha value is -3.51. The molecule has 0 fully saturated rings. The Morgan fingerprint density at radius 1 is 1.06 bits per heavy atom. The molecule has 2 aromatic carbocycles. The molecule has 0 radical (unpaired) electrons. The lowest BCUT2D eigenvalue weighted by atomic mass is 9.94. The number of nitrogens with one attached hydrogen (secondary N) is 3. The molecule has 34 heavy (non-hydrogen) atoms. The lowest BCUT2D eigenvalue weighted by molar-refractivity contribution is 0.0974. The molecule has 0 saturated carbocycles. The van der Waals surface area contributed by atoms with Crippen molar-refractivity contribution in [3.63, 3.8) is 0 Å². The van der Waals surface area contributed by atoms with Crippen LogP contribution in [0.4, 0.5) is 11.6 Å². The highest BCUT2D eigenvalue weighted by Crippen LogP contribution is 2.18. The first-order valence-corrected chi connectivity index (χ1v) is 12.3.